The predicted octanol–water partition coefficient (Wildman–Crippen LogP) is 2.87. The molecule has 0 amide bonds. The van der Waals surface area contributed by atoms with Crippen LogP contribution in [0, 0.1) is 24.0 Å². The van der Waals surface area contributed by atoms with Gasteiger partial charge in [0.05, 0.1) is 4.92 Å². The van der Waals surface area contributed by atoms with Gasteiger partial charge in [0.2, 0.25) is 0 Å². The molecule has 1 aromatic carbocycles. The summed E-state index contributed by atoms with van der Waals surface area (Å²) in [5.74, 6) is 1.30. The molecule has 82 valence electrons. The second kappa shape index (κ2) is 3.77. The lowest BCUT2D eigenvalue weighted by molar-refractivity contribution is -0.384. The van der Waals surface area contributed by atoms with E-state index in [1.807, 2.05) is 6.92 Å². The molecule has 0 aliphatic carbocycles. The van der Waals surface area contributed by atoms with Crippen molar-refractivity contribution < 1.29 is 9.34 Å². The highest BCUT2D eigenvalue weighted by atomic mass is 16.6. The molecular formula is C11H10N2O3. The fourth-order valence-corrected chi connectivity index (χ4v) is 1.54. The number of hydrogen-bond donors (Lipinski definition) is 0. The summed E-state index contributed by atoms with van der Waals surface area (Å²) < 4.78 is 5.30. The zero-order valence-corrected chi connectivity index (χ0v) is 8.93. The van der Waals surface area contributed by atoms with E-state index in [4.69, 9.17) is 4.42 Å². The van der Waals surface area contributed by atoms with Crippen molar-refractivity contribution in [3.63, 3.8) is 0 Å². The topological polar surface area (TPSA) is 69.2 Å². The lowest BCUT2D eigenvalue weighted by Crippen LogP contribution is -1.87. The first kappa shape index (κ1) is 10.4. The molecule has 0 radical (unpaired) electrons. The number of aromatic nitrogens is 1. The van der Waals surface area contributed by atoms with E-state index in [0.29, 0.717) is 11.7 Å². The van der Waals surface area contributed by atoms with Crippen LogP contribution < -0.4 is 0 Å². The summed E-state index contributed by atoms with van der Waals surface area (Å²) in [5, 5.41) is 10.5. The van der Waals surface area contributed by atoms with Gasteiger partial charge in [0.15, 0.2) is 5.89 Å². The van der Waals surface area contributed by atoms with E-state index >= 15 is 0 Å². The lowest BCUT2D eigenvalue weighted by Gasteiger charge is -1.96. The van der Waals surface area contributed by atoms with E-state index in [1.54, 1.807) is 19.1 Å². The molecule has 0 spiro atoms. The minimum Gasteiger partial charge on any atom is -0.446 e. The average Bonchev–Trinajstić information content (AvgIpc) is 2.58. The second-order valence-electron chi connectivity index (χ2n) is 3.44. The molecule has 0 unspecified atom stereocenters. The van der Waals surface area contributed by atoms with Gasteiger partial charge in [0.25, 0.3) is 5.69 Å². The third-order valence-corrected chi connectivity index (χ3v) is 2.26. The van der Waals surface area contributed by atoms with Crippen LogP contribution in [0.5, 0.6) is 0 Å². The van der Waals surface area contributed by atoms with Gasteiger partial charge in [0.1, 0.15) is 11.5 Å². The molecular weight excluding hydrogens is 208 g/mol. The van der Waals surface area contributed by atoms with Gasteiger partial charge in [0, 0.05) is 24.6 Å². The monoisotopic (exact) mass is 218 g/mol. The summed E-state index contributed by atoms with van der Waals surface area (Å²) in [6.45, 7) is 3.58. The summed E-state index contributed by atoms with van der Waals surface area (Å²) in [5.41, 5.74) is 1.62. The number of oxazole rings is 1. The minimum atomic E-state index is -0.426. The first-order chi connectivity index (χ1) is 7.58. The van der Waals surface area contributed by atoms with Gasteiger partial charge in [-0.2, -0.15) is 0 Å². The van der Waals surface area contributed by atoms with Crippen molar-refractivity contribution in [3.05, 3.63) is 46.0 Å². The van der Waals surface area contributed by atoms with Crippen LogP contribution in [0.4, 0.5) is 5.69 Å². The van der Waals surface area contributed by atoms with Gasteiger partial charge in [-0.25, -0.2) is 4.98 Å². The summed E-state index contributed by atoms with van der Waals surface area (Å²) in [7, 11) is 0. The van der Waals surface area contributed by atoms with Crippen molar-refractivity contribution in [1.29, 1.82) is 0 Å². The number of aryl methyl sites for hydroxylation is 2. The van der Waals surface area contributed by atoms with Crippen molar-refractivity contribution in [2.45, 2.75) is 13.8 Å². The van der Waals surface area contributed by atoms with Crippen molar-refractivity contribution >= 4 is 5.69 Å². The Labute approximate surface area is 91.9 Å². The van der Waals surface area contributed by atoms with Crippen molar-refractivity contribution in [2.24, 2.45) is 0 Å². The molecule has 0 fully saturated rings. The highest BCUT2D eigenvalue weighted by Crippen LogP contribution is 2.24. The van der Waals surface area contributed by atoms with E-state index in [0.717, 1.165) is 11.3 Å². The maximum atomic E-state index is 10.5. The molecule has 0 atom stereocenters. The highest BCUT2D eigenvalue weighted by Gasteiger charge is 2.11. The maximum absolute atomic E-state index is 10.5. The number of nitrogens with zero attached hydrogens (tertiary/aromatic N) is 2. The Morgan fingerprint density at radius 3 is 2.31 bits per heavy atom. The zero-order chi connectivity index (χ0) is 11.7. The smallest absolute Gasteiger partial charge is 0.269 e. The van der Waals surface area contributed by atoms with Crippen molar-refractivity contribution in [3.8, 4) is 11.3 Å². The third-order valence-electron chi connectivity index (χ3n) is 2.26. The average molecular weight is 218 g/mol. The zero-order valence-electron chi connectivity index (χ0n) is 8.93. The summed E-state index contributed by atoms with van der Waals surface area (Å²) in [4.78, 5) is 14.3. The fraction of sp³-hybridized carbons (Fsp3) is 0.182. The molecule has 2 rings (SSSR count). The number of non-ortho nitro benzene ring substituents is 1. The standard InChI is InChI=1S/C11H10N2O3/c1-7-11(12-8(2)16-7)9-3-5-10(6-4-9)13(14)15/h3-6H,1-2H3. The van der Waals surface area contributed by atoms with Crippen LogP contribution in [-0.4, -0.2) is 9.91 Å². The van der Waals surface area contributed by atoms with Gasteiger partial charge in [-0.3, -0.25) is 10.1 Å². The van der Waals surface area contributed by atoms with Crippen LogP contribution in [0.3, 0.4) is 0 Å². The van der Waals surface area contributed by atoms with Crippen LogP contribution in [0.1, 0.15) is 11.7 Å². The number of benzene rings is 1. The lowest BCUT2D eigenvalue weighted by atomic mass is 10.1. The van der Waals surface area contributed by atoms with Crippen LogP contribution in [0.15, 0.2) is 28.7 Å². The Balaban J connectivity index is 2.42. The number of rotatable bonds is 2. The van der Waals surface area contributed by atoms with E-state index in [9.17, 15) is 10.1 Å². The Hall–Kier alpha value is -2.17. The Kier molecular flexibility index (Phi) is 2.44. The second-order valence-corrected chi connectivity index (χ2v) is 3.44. The Morgan fingerprint density at radius 1 is 1.25 bits per heavy atom. The normalized spacial score (nSPS) is 10.4. The van der Waals surface area contributed by atoms with E-state index in [1.165, 1.54) is 12.1 Å². The van der Waals surface area contributed by atoms with Crippen LogP contribution in [-0.2, 0) is 0 Å². The van der Waals surface area contributed by atoms with Gasteiger partial charge in [-0.1, -0.05) is 0 Å². The molecule has 0 aliphatic rings. The molecule has 1 heterocycles. The summed E-state index contributed by atoms with van der Waals surface area (Å²) in [6, 6.07) is 6.25. The van der Waals surface area contributed by atoms with Gasteiger partial charge >= 0.3 is 0 Å². The van der Waals surface area contributed by atoms with Crippen molar-refractivity contribution in [1.82, 2.24) is 4.98 Å². The number of nitro benzene ring substituents is 1. The summed E-state index contributed by atoms with van der Waals surface area (Å²) >= 11 is 0. The molecule has 5 nitrogen and oxygen atoms in total. The number of nitro groups is 1. The van der Waals surface area contributed by atoms with Crippen LogP contribution in [0.2, 0.25) is 0 Å². The van der Waals surface area contributed by atoms with E-state index in [2.05, 4.69) is 4.98 Å². The molecule has 2 aromatic rings. The molecule has 0 N–H and O–H groups in total. The molecule has 16 heavy (non-hydrogen) atoms. The van der Waals surface area contributed by atoms with Crippen LogP contribution >= 0.6 is 0 Å². The van der Waals surface area contributed by atoms with Gasteiger partial charge in [-0.15, -0.1) is 0 Å². The fourth-order valence-electron chi connectivity index (χ4n) is 1.54. The van der Waals surface area contributed by atoms with Crippen molar-refractivity contribution in [2.75, 3.05) is 0 Å². The predicted molar refractivity (Wildman–Crippen MR) is 58.1 cm³/mol. The van der Waals surface area contributed by atoms with Gasteiger partial charge in [-0.05, 0) is 19.1 Å². The Morgan fingerprint density at radius 2 is 1.88 bits per heavy atom. The number of hydrogen-bond acceptors (Lipinski definition) is 4. The minimum absolute atomic E-state index is 0.0709. The van der Waals surface area contributed by atoms with E-state index < -0.39 is 4.92 Å². The summed E-state index contributed by atoms with van der Waals surface area (Å²) in [6.07, 6.45) is 0. The Bertz CT molecular complexity index is 529. The first-order valence-electron chi connectivity index (χ1n) is 4.77. The quantitative estimate of drug-likeness (QED) is 0.574. The largest absolute Gasteiger partial charge is 0.446 e. The maximum Gasteiger partial charge on any atom is 0.269 e. The van der Waals surface area contributed by atoms with E-state index in [-0.39, 0.29) is 5.69 Å². The molecule has 0 saturated carbocycles. The molecule has 5 heteroatoms. The molecule has 1 aromatic heterocycles. The molecule has 0 saturated heterocycles. The molecule has 0 aliphatic heterocycles. The van der Waals surface area contributed by atoms with Crippen LogP contribution in [0.25, 0.3) is 11.3 Å². The third kappa shape index (κ3) is 1.79. The molecule has 0 bridgehead atoms. The SMILES string of the molecule is Cc1nc(-c2ccc([N+](=O)[O-])cc2)c(C)o1. The first-order valence-corrected chi connectivity index (χ1v) is 4.77. The highest BCUT2D eigenvalue weighted by molar-refractivity contribution is 5.62. The van der Waals surface area contributed by atoms with Gasteiger partial charge < -0.3 is 4.42 Å².